The molecule has 0 spiro atoms. The van der Waals surface area contributed by atoms with Gasteiger partial charge >= 0.3 is 0 Å². The molecule has 86 valence electrons. The average Bonchev–Trinajstić information content (AvgIpc) is 3.12. The molecule has 0 radical (unpaired) electrons. The molecule has 0 bridgehead atoms. The van der Waals surface area contributed by atoms with E-state index in [1.165, 1.54) is 31.2 Å². The van der Waals surface area contributed by atoms with Crippen LogP contribution in [-0.2, 0) is 6.42 Å². The number of aryl methyl sites for hydroxylation is 1. The van der Waals surface area contributed by atoms with Crippen LogP contribution in [0.25, 0.3) is 5.57 Å². The van der Waals surface area contributed by atoms with Gasteiger partial charge in [0.25, 0.3) is 0 Å². The van der Waals surface area contributed by atoms with Crippen LogP contribution in [0.1, 0.15) is 37.3 Å². The minimum Gasteiger partial charge on any atom is -0.0690 e. The molecule has 3 aliphatic rings. The number of hydrogen-bond donors (Lipinski definition) is 0. The Hall–Kier alpha value is -1.30. The van der Waals surface area contributed by atoms with E-state index in [1.54, 1.807) is 22.3 Å². The van der Waals surface area contributed by atoms with Gasteiger partial charge in [-0.3, -0.25) is 0 Å². The molecule has 4 rings (SSSR count). The molecule has 2 unspecified atom stereocenters. The Balaban J connectivity index is 1.94. The highest BCUT2D eigenvalue weighted by Gasteiger charge is 2.44. The first-order valence-electron chi connectivity index (χ1n) is 6.84. The van der Waals surface area contributed by atoms with Gasteiger partial charge in [0.15, 0.2) is 0 Å². The summed E-state index contributed by atoms with van der Waals surface area (Å²) in [7, 11) is 0. The minimum absolute atomic E-state index is 0.902. The number of hydrogen-bond acceptors (Lipinski definition) is 0. The summed E-state index contributed by atoms with van der Waals surface area (Å²) < 4.78 is 0. The second-order valence-electron chi connectivity index (χ2n) is 5.79. The molecule has 3 aliphatic carbocycles. The Kier molecular flexibility index (Phi) is 1.91. The van der Waals surface area contributed by atoms with Crippen molar-refractivity contribution in [3.8, 4) is 0 Å². The van der Waals surface area contributed by atoms with Crippen molar-refractivity contribution in [2.24, 2.45) is 11.8 Å². The Morgan fingerprint density at radius 1 is 1.06 bits per heavy atom. The summed E-state index contributed by atoms with van der Waals surface area (Å²) in [5, 5.41) is 0. The van der Waals surface area contributed by atoms with Gasteiger partial charge in [0.1, 0.15) is 0 Å². The minimum atomic E-state index is 0.902. The zero-order valence-corrected chi connectivity index (χ0v) is 10.4. The summed E-state index contributed by atoms with van der Waals surface area (Å²) in [5.41, 5.74) is 8.04. The van der Waals surface area contributed by atoms with E-state index < -0.39 is 0 Å². The van der Waals surface area contributed by atoms with Crippen LogP contribution < -0.4 is 0 Å². The summed E-state index contributed by atoms with van der Waals surface area (Å²) in [4.78, 5) is 0. The van der Waals surface area contributed by atoms with Crippen LogP contribution in [0.4, 0.5) is 0 Å². The zero-order chi connectivity index (χ0) is 11.4. The van der Waals surface area contributed by atoms with E-state index in [1.807, 2.05) is 0 Å². The monoisotopic (exact) mass is 222 g/mol. The Bertz CT molecular complexity index is 545. The van der Waals surface area contributed by atoms with Crippen molar-refractivity contribution < 1.29 is 0 Å². The fourth-order valence-electron chi connectivity index (χ4n) is 3.75. The first-order valence-corrected chi connectivity index (χ1v) is 6.84. The van der Waals surface area contributed by atoms with E-state index in [4.69, 9.17) is 0 Å². The summed E-state index contributed by atoms with van der Waals surface area (Å²) in [6.07, 6.45) is 7.82. The smallest absolute Gasteiger partial charge is 0.0122 e. The molecule has 0 heteroatoms. The fourth-order valence-corrected chi connectivity index (χ4v) is 3.75. The largest absolute Gasteiger partial charge is 0.0690 e. The number of allylic oxidation sites excluding steroid dienone is 4. The number of benzene rings is 1. The van der Waals surface area contributed by atoms with Crippen molar-refractivity contribution in [2.75, 3.05) is 0 Å². The Morgan fingerprint density at radius 2 is 1.94 bits per heavy atom. The van der Waals surface area contributed by atoms with Gasteiger partial charge in [-0.2, -0.15) is 0 Å². The number of rotatable bonds is 0. The molecule has 1 saturated carbocycles. The Morgan fingerprint density at radius 3 is 2.88 bits per heavy atom. The highest BCUT2D eigenvalue weighted by atomic mass is 14.5. The lowest BCUT2D eigenvalue weighted by molar-refractivity contribution is 0.750. The van der Waals surface area contributed by atoms with Crippen LogP contribution in [0, 0.1) is 11.8 Å². The van der Waals surface area contributed by atoms with E-state index >= 15 is 0 Å². The van der Waals surface area contributed by atoms with Gasteiger partial charge in [0.05, 0.1) is 0 Å². The molecular formula is C17H18. The molecule has 0 N–H and O–H groups in total. The van der Waals surface area contributed by atoms with Crippen molar-refractivity contribution in [2.45, 2.75) is 32.6 Å². The van der Waals surface area contributed by atoms with Crippen molar-refractivity contribution in [3.63, 3.8) is 0 Å². The summed E-state index contributed by atoms with van der Waals surface area (Å²) in [6.45, 7) is 2.32. The van der Waals surface area contributed by atoms with E-state index in [2.05, 4.69) is 37.3 Å². The van der Waals surface area contributed by atoms with Crippen LogP contribution in [0.15, 0.2) is 41.5 Å². The summed E-state index contributed by atoms with van der Waals surface area (Å²) in [6, 6.07) is 9.01. The van der Waals surface area contributed by atoms with Gasteiger partial charge in [-0.05, 0) is 61.1 Å². The topological polar surface area (TPSA) is 0 Å². The predicted molar refractivity (Wildman–Crippen MR) is 71.7 cm³/mol. The highest BCUT2D eigenvalue weighted by molar-refractivity contribution is 5.82. The van der Waals surface area contributed by atoms with Crippen molar-refractivity contribution in [1.82, 2.24) is 0 Å². The lowest BCUT2D eigenvalue weighted by Gasteiger charge is -2.17. The molecule has 1 aromatic rings. The molecule has 0 aliphatic heterocycles. The lowest BCUT2D eigenvalue weighted by Crippen LogP contribution is -2.00. The SMILES string of the molecule is CC1=CC2=C(CCCc3ccccc32)C2CC12. The summed E-state index contributed by atoms with van der Waals surface area (Å²) in [5.74, 6) is 1.81. The second-order valence-corrected chi connectivity index (χ2v) is 5.79. The van der Waals surface area contributed by atoms with Gasteiger partial charge in [-0.15, -0.1) is 0 Å². The van der Waals surface area contributed by atoms with E-state index in [9.17, 15) is 0 Å². The Labute approximate surface area is 103 Å². The van der Waals surface area contributed by atoms with Crippen molar-refractivity contribution >= 4 is 5.57 Å². The first kappa shape index (κ1) is 9.70. The maximum atomic E-state index is 2.48. The third-order valence-corrected chi connectivity index (χ3v) is 4.74. The van der Waals surface area contributed by atoms with Gasteiger partial charge < -0.3 is 0 Å². The first-order chi connectivity index (χ1) is 8.34. The molecule has 17 heavy (non-hydrogen) atoms. The van der Waals surface area contributed by atoms with Crippen molar-refractivity contribution in [3.05, 3.63) is 52.6 Å². The van der Waals surface area contributed by atoms with E-state index in [0.717, 1.165) is 11.8 Å². The van der Waals surface area contributed by atoms with Crippen LogP contribution in [0.2, 0.25) is 0 Å². The molecule has 0 heterocycles. The molecule has 0 nitrogen and oxygen atoms in total. The molecule has 1 fully saturated rings. The van der Waals surface area contributed by atoms with Crippen LogP contribution >= 0.6 is 0 Å². The molecule has 1 aromatic carbocycles. The quantitative estimate of drug-likeness (QED) is 0.611. The third kappa shape index (κ3) is 1.36. The van der Waals surface area contributed by atoms with E-state index in [0.29, 0.717) is 0 Å². The predicted octanol–water partition coefficient (Wildman–Crippen LogP) is 4.37. The zero-order valence-electron chi connectivity index (χ0n) is 10.4. The van der Waals surface area contributed by atoms with Gasteiger partial charge in [-0.25, -0.2) is 0 Å². The van der Waals surface area contributed by atoms with Crippen LogP contribution in [-0.4, -0.2) is 0 Å². The fraction of sp³-hybridized carbons (Fsp3) is 0.412. The molecular weight excluding hydrogens is 204 g/mol. The average molecular weight is 222 g/mol. The summed E-state index contributed by atoms with van der Waals surface area (Å²) >= 11 is 0. The second kappa shape index (κ2) is 3.35. The third-order valence-electron chi connectivity index (χ3n) is 4.74. The van der Waals surface area contributed by atoms with Gasteiger partial charge in [-0.1, -0.05) is 41.5 Å². The van der Waals surface area contributed by atoms with Crippen LogP contribution in [0.5, 0.6) is 0 Å². The van der Waals surface area contributed by atoms with Crippen LogP contribution in [0.3, 0.4) is 0 Å². The van der Waals surface area contributed by atoms with Gasteiger partial charge in [0.2, 0.25) is 0 Å². The highest BCUT2D eigenvalue weighted by Crippen LogP contribution is 2.56. The van der Waals surface area contributed by atoms with Gasteiger partial charge in [0, 0.05) is 0 Å². The normalized spacial score (nSPS) is 29.8. The number of fused-ring (bicyclic) bond motifs is 4. The lowest BCUT2D eigenvalue weighted by atomic mass is 9.87. The maximum absolute atomic E-state index is 2.48. The van der Waals surface area contributed by atoms with Crippen molar-refractivity contribution in [1.29, 1.82) is 0 Å². The maximum Gasteiger partial charge on any atom is -0.0122 e. The standard InChI is InChI=1S/C17H18/c1-11-9-16-13-7-3-2-5-12(13)6-4-8-14(16)17-10-15(11)17/h2-3,5,7,9,15,17H,4,6,8,10H2,1H3. The van der Waals surface area contributed by atoms with E-state index in [-0.39, 0.29) is 0 Å². The molecule has 0 aromatic heterocycles. The molecule has 2 atom stereocenters. The molecule has 0 saturated heterocycles. The molecule has 0 amide bonds.